The number of aromatic nitrogens is 4. The van der Waals surface area contributed by atoms with Gasteiger partial charge in [0.05, 0.1) is 22.1 Å². The van der Waals surface area contributed by atoms with Crippen molar-refractivity contribution < 1.29 is 0 Å². The predicted molar refractivity (Wildman–Crippen MR) is 254 cm³/mol. The Labute approximate surface area is 350 Å². The first-order valence-electron chi connectivity index (χ1n) is 21.4. The minimum absolute atomic E-state index is 0.0347. The molecule has 61 heavy (non-hydrogen) atoms. The fourth-order valence-corrected chi connectivity index (χ4v) is 13.1. The van der Waals surface area contributed by atoms with Gasteiger partial charge in [0.15, 0.2) is 0 Å². The number of benzene rings is 7. The largest absolute Gasteiger partial charge is 0.312 e. The average molecular weight is 768 g/mol. The van der Waals surface area contributed by atoms with Crippen LogP contribution in [-0.2, 0) is 0 Å². The minimum Gasteiger partial charge on any atom is -0.312 e. The molecule has 0 bridgehead atoms. The van der Waals surface area contributed by atoms with Crippen molar-refractivity contribution in [1.82, 2.24) is 19.1 Å². The molecule has 0 saturated heterocycles. The highest BCUT2D eigenvalue weighted by molar-refractivity contribution is 7.06. The van der Waals surface area contributed by atoms with Crippen LogP contribution >= 0.6 is 0 Å². The van der Waals surface area contributed by atoms with Gasteiger partial charge in [-0.25, -0.2) is 9.97 Å². The zero-order valence-corrected chi connectivity index (χ0v) is 32.5. The molecule has 11 aromatic rings. The van der Waals surface area contributed by atoms with Crippen LogP contribution in [0.3, 0.4) is 0 Å². The van der Waals surface area contributed by atoms with Crippen LogP contribution in [0.25, 0.3) is 55.2 Å². The van der Waals surface area contributed by atoms with Gasteiger partial charge in [0.2, 0.25) is 0 Å². The van der Waals surface area contributed by atoms with Crippen LogP contribution in [0.4, 0.5) is 34.1 Å². The summed E-state index contributed by atoms with van der Waals surface area (Å²) in [7, 11) is 0. The second kappa shape index (κ2) is 9.98. The van der Waals surface area contributed by atoms with Gasteiger partial charge in [-0.15, -0.1) is 0 Å². The predicted octanol–water partition coefficient (Wildman–Crippen LogP) is 5.04. The number of para-hydroxylation sites is 6. The molecule has 6 nitrogen and oxygen atoms in total. The van der Waals surface area contributed by atoms with Crippen molar-refractivity contribution in [2.45, 2.75) is 0 Å². The highest BCUT2D eigenvalue weighted by Gasteiger charge is 2.53. The van der Waals surface area contributed by atoms with Crippen LogP contribution in [0.2, 0.25) is 0 Å². The first kappa shape index (κ1) is 30.3. The molecule has 9 heteroatoms. The molecule has 10 heterocycles. The second-order valence-electron chi connectivity index (χ2n) is 17.6. The number of pyridine rings is 2. The monoisotopic (exact) mass is 768 g/mol. The van der Waals surface area contributed by atoms with Crippen molar-refractivity contribution in [3.63, 3.8) is 0 Å². The van der Waals surface area contributed by atoms with E-state index in [9.17, 15) is 0 Å². The summed E-state index contributed by atoms with van der Waals surface area (Å²) in [5.74, 6) is 2.06. The van der Waals surface area contributed by atoms with E-state index in [-0.39, 0.29) is 20.1 Å². The van der Waals surface area contributed by atoms with E-state index in [1.165, 1.54) is 127 Å². The zero-order chi connectivity index (χ0) is 39.0. The Balaban J connectivity index is 1.03. The summed E-state index contributed by atoms with van der Waals surface area (Å²) < 4.78 is 4.91. The standard InChI is InChI=1S/C52H27B3N6/c1-5-20-38-28(12-1)30-14-9-18-34-47(30)60(38)51-45-49-36(26-56-51)55-37-27-57-52-46-50(37)59(43-25-11-24-42(44(43)55)58(49)40-22-7-3-16-32(40)53(34)45)41-23-8-4-17-33(41)54(46)35-19-10-15-31-29-13-2-6-21-39(29)61(52)48(31)35/h1-27H. The van der Waals surface area contributed by atoms with E-state index in [0.29, 0.717) is 0 Å². The number of rotatable bonds is 0. The Bertz CT molecular complexity index is 3710. The molecule has 0 amide bonds. The van der Waals surface area contributed by atoms with E-state index in [2.05, 4.69) is 183 Å². The van der Waals surface area contributed by atoms with Gasteiger partial charge >= 0.3 is 0 Å². The molecule has 7 aromatic carbocycles. The molecule has 0 radical (unpaired) electrons. The number of nitrogens with zero attached hydrogens (tertiary/aromatic N) is 6. The quantitative estimate of drug-likeness (QED) is 0.203. The van der Waals surface area contributed by atoms with E-state index >= 15 is 0 Å². The fraction of sp³-hybridized carbons (Fsp3) is 0. The van der Waals surface area contributed by atoms with Gasteiger partial charge in [-0.1, -0.05) is 115 Å². The number of hydrogen-bond donors (Lipinski definition) is 0. The highest BCUT2D eigenvalue weighted by atomic mass is 15.2. The van der Waals surface area contributed by atoms with Gasteiger partial charge in [-0.3, -0.25) is 9.13 Å². The van der Waals surface area contributed by atoms with Crippen molar-refractivity contribution in [1.29, 1.82) is 0 Å². The fourth-order valence-electron chi connectivity index (χ4n) is 13.1. The Kier molecular flexibility index (Phi) is 4.96. The molecule has 6 aliphatic rings. The lowest BCUT2D eigenvalue weighted by Crippen LogP contribution is -2.70. The minimum atomic E-state index is -0.0756. The van der Waals surface area contributed by atoms with Crippen molar-refractivity contribution in [3.05, 3.63) is 164 Å². The van der Waals surface area contributed by atoms with Gasteiger partial charge in [-0.05, 0) is 85.6 Å². The van der Waals surface area contributed by atoms with Crippen molar-refractivity contribution in [2.24, 2.45) is 0 Å². The van der Waals surface area contributed by atoms with Crippen LogP contribution in [0.15, 0.2) is 164 Å². The van der Waals surface area contributed by atoms with Crippen molar-refractivity contribution in [2.75, 3.05) is 9.80 Å². The van der Waals surface area contributed by atoms with E-state index < -0.39 is 0 Å². The van der Waals surface area contributed by atoms with Crippen LogP contribution < -0.4 is 59.0 Å². The molecular formula is C52H27B3N6. The summed E-state index contributed by atoms with van der Waals surface area (Å²) in [5, 5.41) is 5.09. The van der Waals surface area contributed by atoms with Gasteiger partial charge in [0.1, 0.15) is 11.6 Å². The molecule has 0 N–H and O–H groups in total. The summed E-state index contributed by atoms with van der Waals surface area (Å²) in [6, 6.07) is 56.7. The van der Waals surface area contributed by atoms with Crippen molar-refractivity contribution >= 4 is 147 Å². The van der Waals surface area contributed by atoms with Gasteiger partial charge in [0, 0.05) is 68.1 Å². The molecule has 0 spiro atoms. The lowest BCUT2D eigenvalue weighted by molar-refractivity contribution is 1.08. The first-order chi connectivity index (χ1) is 30.3. The summed E-state index contributed by atoms with van der Waals surface area (Å²) in [6.07, 6.45) is 4.44. The Hall–Kier alpha value is -7.77. The summed E-state index contributed by atoms with van der Waals surface area (Å²) >= 11 is 0. The molecule has 0 aliphatic carbocycles. The maximum atomic E-state index is 5.62. The molecule has 0 unspecified atom stereocenters. The molecule has 6 aliphatic heterocycles. The number of hydrogen-bond acceptors (Lipinski definition) is 4. The van der Waals surface area contributed by atoms with Gasteiger partial charge in [-0.2, -0.15) is 0 Å². The molecule has 274 valence electrons. The molecule has 0 atom stereocenters. The van der Waals surface area contributed by atoms with Crippen LogP contribution in [0.1, 0.15) is 0 Å². The lowest BCUT2D eigenvalue weighted by atomic mass is 9.28. The maximum absolute atomic E-state index is 5.62. The normalized spacial score (nSPS) is 14.7. The molecule has 0 fully saturated rings. The summed E-state index contributed by atoms with van der Waals surface area (Å²) in [5.41, 5.74) is 24.0. The van der Waals surface area contributed by atoms with Gasteiger partial charge in [0.25, 0.3) is 20.1 Å². The molecular weight excluding hydrogens is 741 g/mol. The van der Waals surface area contributed by atoms with E-state index in [1.54, 1.807) is 0 Å². The second-order valence-corrected chi connectivity index (χ2v) is 17.6. The first-order valence-corrected chi connectivity index (χ1v) is 21.4. The Morgan fingerprint density at radius 3 is 1.25 bits per heavy atom. The lowest BCUT2D eigenvalue weighted by Gasteiger charge is -2.50. The highest BCUT2D eigenvalue weighted by Crippen LogP contribution is 2.47. The number of anilines is 6. The van der Waals surface area contributed by atoms with E-state index in [4.69, 9.17) is 9.97 Å². The Morgan fingerprint density at radius 2 is 0.721 bits per heavy atom. The zero-order valence-electron chi connectivity index (χ0n) is 32.5. The average Bonchev–Trinajstić information content (AvgIpc) is 3.84. The third-order valence-corrected chi connectivity index (χ3v) is 15.1. The van der Waals surface area contributed by atoms with Gasteiger partial charge < -0.3 is 9.80 Å². The number of fused-ring (bicyclic) bond motifs is 20. The maximum Gasteiger partial charge on any atom is 0.256 e. The third kappa shape index (κ3) is 3.16. The van der Waals surface area contributed by atoms with Crippen LogP contribution in [0.5, 0.6) is 0 Å². The SMILES string of the molecule is c1ccc2c(c1)B1c3c(ncc4c3N2c2cccc3c2B4c2cnc4c5c2N3c2ccccc2B5c2cccc3c5ccccc5n-4c23)-n2c3ccccc3c3cccc1c32. The van der Waals surface area contributed by atoms with Crippen molar-refractivity contribution in [3.8, 4) is 11.6 Å². The van der Waals surface area contributed by atoms with E-state index in [0.717, 1.165) is 11.6 Å². The third-order valence-electron chi connectivity index (χ3n) is 15.1. The molecule has 17 rings (SSSR count). The topological polar surface area (TPSA) is 42.1 Å². The molecule has 0 saturated carbocycles. The van der Waals surface area contributed by atoms with Crippen LogP contribution in [-0.4, -0.2) is 39.2 Å². The van der Waals surface area contributed by atoms with Crippen LogP contribution in [0, 0.1) is 0 Å². The van der Waals surface area contributed by atoms with E-state index in [1.807, 2.05) is 0 Å². The smallest absolute Gasteiger partial charge is 0.256 e. The Morgan fingerprint density at radius 1 is 0.328 bits per heavy atom. The molecule has 4 aromatic heterocycles. The summed E-state index contributed by atoms with van der Waals surface area (Å²) in [4.78, 5) is 16.4. The summed E-state index contributed by atoms with van der Waals surface area (Å²) in [6.45, 7) is -0.00631.